The zero-order valence-electron chi connectivity index (χ0n) is 14.1. The molecular formula is C19H14BrCl2NO4. The largest absolute Gasteiger partial charge is 0.493 e. The number of carbonyl (C=O) groups is 2. The van der Waals surface area contributed by atoms with Crippen molar-refractivity contribution in [2.24, 2.45) is 0 Å². The van der Waals surface area contributed by atoms with Gasteiger partial charge < -0.3 is 14.5 Å². The van der Waals surface area contributed by atoms with Gasteiger partial charge in [-0.2, -0.15) is 0 Å². The van der Waals surface area contributed by atoms with E-state index in [2.05, 4.69) is 21.2 Å². The summed E-state index contributed by atoms with van der Waals surface area (Å²) in [6.45, 7) is 0. The number of nitrogens with one attached hydrogen (secondary N) is 1. The van der Waals surface area contributed by atoms with Crippen LogP contribution in [-0.2, 0) is 4.79 Å². The lowest BCUT2D eigenvalue weighted by Gasteiger charge is -2.06. The standard InChI is InChI=1S/C19H14BrCl2NO4/c1-26-13-7-6-12(20)15-16(23-14(24)8-9-21)19(27-18(13)15)17(25)10-2-4-11(22)5-3-10/h2-7H,8-9H2,1H3,(H,23,24). The number of ether oxygens (including phenoxy) is 1. The Morgan fingerprint density at radius 1 is 1.19 bits per heavy atom. The minimum atomic E-state index is -0.391. The molecule has 8 heteroatoms. The van der Waals surface area contributed by atoms with E-state index in [1.165, 1.54) is 7.11 Å². The Balaban J connectivity index is 2.20. The average molecular weight is 471 g/mol. The molecule has 1 heterocycles. The van der Waals surface area contributed by atoms with Crippen molar-refractivity contribution in [1.82, 2.24) is 0 Å². The minimum absolute atomic E-state index is 0.000412. The Morgan fingerprint density at radius 3 is 2.52 bits per heavy atom. The first-order valence-corrected chi connectivity index (χ1v) is 9.62. The lowest BCUT2D eigenvalue weighted by atomic mass is 10.1. The molecule has 1 amide bonds. The molecule has 0 aliphatic carbocycles. The van der Waals surface area contributed by atoms with Crippen molar-refractivity contribution in [3.63, 3.8) is 0 Å². The van der Waals surface area contributed by atoms with Crippen molar-refractivity contribution in [2.45, 2.75) is 6.42 Å². The molecule has 1 aromatic heterocycles. The monoisotopic (exact) mass is 469 g/mol. The fourth-order valence-corrected chi connectivity index (χ4v) is 3.41. The SMILES string of the molecule is COc1ccc(Br)c2c(NC(=O)CCCl)c(C(=O)c3ccc(Cl)cc3)oc12. The van der Waals surface area contributed by atoms with E-state index in [4.69, 9.17) is 32.4 Å². The van der Waals surface area contributed by atoms with E-state index in [1.54, 1.807) is 36.4 Å². The van der Waals surface area contributed by atoms with Crippen molar-refractivity contribution < 1.29 is 18.7 Å². The second kappa shape index (κ2) is 8.33. The van der Waals surface area contributed by atoms with Gasteiger partial charge in [0.1, 0.15) is 5.69 Å². The van der Waals surface area contributed by atoms with Gasteiger partial charge in [0, 0.05) is 27.4 Å². The number of amides is 1. The Labute approximate surface area is 173 Å². The summed E-state index contributed by atoms with van der Waals surface area (Å²) in [6.07, 6.45) is 0.102. The second-order valence-corrected chi connectivity index (χ2v) is 7.25. The maximum atomic E-state index is 13.0. The first-order chi connectivity index (χ1) is 13.0. The molecule has 140 valence electrons. The van der Waals surface area contributed by atoms with E-state index in [1.807, 2.05) is 0 Å². The van der Waals surface area contributed by atoms with E-state index < -0.39 is 5.78 Å². The Kier molecular flexibility index (Phi) is 6.09. The van der Waals surface area contributed by atoms with Gasteiger partial charge in [0.25, 0.3) is 0 Å². The molecule has 1 N–H and O–H groups in total. The zero-order chi connectivity index (χ0) is 19.6. The highest BCUT2D eigenvalue weighted by atomic mass is 79.9. The molecule has 0 atom stereocenters. The number of fused-ring (bicyclic) bond motifs is 1. The van der Waals surface area contributed by atoms with Gasteiger partial charge in [-0.3, -0.25) is 9.59 Å². The number of anilines is 1. The number of halogens is 3. The normalized spacial score (nSPS) is 10.8. The zero-order valence-corrected chi connectivity index (χ0v) is 17.2. The van der Waals surface area contributed by atoms with Crippen LogP contribution in [0.3, 0.4) is 0 Å². The van der Waals surface area contributed by atoms with Crippen molar-refractivity contribution >= 4 is 67.5 Å². The topological polar surface area (TPSA) is 68.5 Å². The highest BCUT2D eigenvalue weighted by Crippen LogP contribution is 2.41. The Hall–Kier alpha value is -2.02. The van der Waals surface area contributed by atoms with Crippen LogP contribution in [0.1, 0.15) is 22.5 Å². The summed E-state index contributed by atoms with van der Waals surface area (Å²) in [4.78, 5) is 25.2. The van der Waals surface area contributed by atoms with Crippen LogP contribution in [0.25, 0.3) is 11.0 Å². The van der Waals surface area contributed by atoms with Crippen molar-refractivity contribution in [1.29, 1.82) is 0 Å². The van der Waals surface area contributed by atoms with Crippen LogP contribution >= 0.6 is 39.1 Å². The number of ketones is 1. The van der Waals surface area contributed by atoms with E-state index in [-0.39, 0.29) is 29.7 Å². The molecule has 3 aromatic rings. The number of furan rings is 1. The Morgan fingerprint density at radius 2 is 1.89 bits per heavy atom. The first kappa shape index (κ1) is 19.7. The maximum Gasteiger partial charge on any atom is 0.230 e. The smallest absolute Gasteiger partial charge is 0.230 e. The summed E-state index contributed by atoms with van der Waals surface area (Å²) in [5, 5.41) is 3.79. The van der Waals surface area contributed by atoms with Gasteiger partial charge in [0.2, 0.25) is 11.7 Å². The molecule has 0 bridgehead atoms. The summed E-state index contributed by atoms with van der Waals surface area (Å²) in [6, 6.07) is 9.86. The van der Waals surface area contributed by atoms with E-state index in [0.29, 0.717) is 31.8 Å². The summed E-state index contributed by atoms with van der Waals surface area (Å²) >= 11 is 15.0. The Bertz CT molecular complexity index is 1010. The van der Waals surface area contributed by atoms with Gasteiger partial charge in [0.15, 0.2) is 17.1 Å². The highest BCUT2D eigenvalue weighted by molar-refractivity contribution is 9.10. The van der Waals surface area contributed by atoms with Crippen molar-refractivity contribution in [3.05, 3.63) is 57.2 Å². The fraction of sp³-hybridized carbons (Fsp3) is 0.158. The quantitative estimate of drug-likeness (QED) is 0.373. The molecule has 0 saturated heterocycles. The number of hydrogen-bond donors (Lipinski definition) is 1. The number of hydrogen-bond acceptors (Lipinski definition) is 4. The molecule has 0 saturated carbocycles. The van der Waals surface area contributed by atoms with Crippen LogP contribution in [-0.4, -0.2) is 24.7 Å². The summed E-state index contributed by atoms with van der Waals surface area (Å²) in [5.41, 5.74) is 0.998. The van der Waals surface area contributed by atoms with Crippen LogP contribution in [0.15, 0.2) is 45.3 Å². The third-order valence-electron chi connectivity index (χ3n) is 3.87. The van der Waals surface area contributed by atoms with E-state index in [9.17, 15) is 9.59 Å². The van der Waals surface area contributed by atoms with Crippen LogP contribution in [0, 0.1) is 0 Å². The van der Waals surface area contributed by atoms with Gasteiger partial charge in [-0.1, -0.05) is 11.6 Å². The fourth-order valence-electron chi connectivity index (χ4n) is 2.60. The molecule has 0 aliphatic heterocycles. The number of methoxy groups -OCH3 is 1. The molecule has 3 rings (SSSR count). The summed E-state index contributed by atoms with van der Waals surface area (Å²) in [7, 11) is 1.50. The average Bonchev–Trinajstić information content (AvgIpc) is 3.02. The number of rotatable bonds is 6. The van der Waals surface area contributed by atoms with Gasteiger partial charge in [-0.15, -0.1) is 11.6 Å². The molecule has 2 aromatic carbocycles. The molecule has 5 nitrogen and oxygen atoms in total. The molecule has 27 heavy (non-hydrogen) atoms. The lowest BCUT2D eigenvalue weighted by molar-refractivity contribution is -0.115. The number of carbonyl (C=O) groups excluding carboxylic acids is 2. The molecule has 0 spiro atoms. The third-order valence-corrected chi connectivity index (χ3v) is 4.97. The van der Waals surface area contributed by atoms with E-state index >= 15 is 0 Å². The predicted octanol–water partition coefficient (Wildman–Crippen LogP) is 5.66. The minimum Gasteiger partial charge on any atom is -0.493 e. The second-order valence-electron chi connectivity index (χ2n) is 5.58. The van der Waals surface area contributed by atoms with E-state index in [0.717, 1.165) is 0 Å². The van der Waals surface area contributed by atoms with Gasteiger partial charge in [-0.25, -0.2) is 0 Å². The molecular weight excluding hydrogens is 457 g/mol. The van der Waals surface area contributed by atoms with Crippen LogP contribution < -0.4 is 10.1 Å². The molecule has 0 unspecified atom stereocenters. The molecule has 0 fully saturated rings. The molecule has 0 radical (unpaired) electrons. The van der Waals surface area contributed by atoms with Crippen LogP contribution in [0.5, 0.6) is 5.75 Å². The van der Waals surface area contributed by atoms with Crippen LogP contribution in [0.4, 0.5) is 5.69 Å². The van der Waals surface area contributed by atoms with Crippen LogP contribution in [0.2, 0.25) is 5.02 Å². The molecule has 0 aliphatic rings. The number of alkyl halides is 1. The van der Waals surface area contributed by atoms with Gasteiger partial charge >= 0.3 is 0 Å². The van der Waals surface area contributed by atoms with Gasteiger partial charge in [0.05, 0.1) is 12.5 Å². The summed E-state index contributed by atoms with van der Waals surface area (Å²) in [5.74, 6) is -0.116. The third kappa shape index (κ3) is 3.98. The predicted molar refractivity (Wildman–Crippen MR) is 109 cm³/mol. The lowest BCUT2D eigenvalue weighted by Crippen LogP contribution is -2.14. The maximum absolute atomic E-state index is 13.0. The highest BCUT2D eigenvalue weighted by Gasteiger charge is 2.26. The van der Waals surface area contributed by atoms with Gasteiger partial charge in [-0.05, 0) is 52.3 Å². The van der Waals surface area contributed by atoms with Crippen molar-refractivity contribution in [3.8, 4) is 5.75 Å². The summed E-state index contributed by atoms with van der Waals surface area (Å²) < 4.78 is 11.8. The first-order valence-electron chi connectivity index (χ1n) is 7.91. The number of benzene rings is 2. The van der Waals surface area contributed by atoms with Crippen molar-refractivity contribution in [2.75, 3.05) is 18.3 Å².